The number of ether oxygens (including phenoxy) is 1. The number of carbonyl (C=O) groups excluding carboxylic acids is 1. The van der Waals surface area contributed by atoms with Crippen LogP contribution in [0.5, 0.6) is 0 Å². The first-order valence-corrected chi connectivity index (χ1v) is 15.8. The predicted molar refractivity (Wildman–Crippen MR) is 155 cm³/mol. The van der Waals surface area contributed by atoms with Crippen molar-refractivity contribution < 1.29 is 9.53 Å². The van der Waals surface area contributed by atoms with Gasteiger partial charge in [-0.05, 0) is 104 Å². The van der Waals surface area contributed by atoms with Gasteiger partial charge in [0.2, 0.25) is 0 Å². The highest BCUT2D eigenvalue weighted by atomic mass is 16.5. The number of aromatic nitrogens is 3. The second-order valence-corrected chi connectivity index (χ2v) is 14.4. The summed E-state index contributed by atoms with van der Waals surface area (Å²) in [5.74, 6) is 4.90. The van der Waals surface area contributed by atoms with E-state index in [2.05, 4.69) is 68.9 Å². The third-order valence-electron chi connectivity index (χ3n) is 12.7. The molecule has 5 heteroatoms. The third-order valence-corrected chi connectivity index (χ3v) is 12.7. The lowest BCUT2D eigenvalue weighted by molar-refractivity contribution is -0.145. The highest BCUT2D eigenvalue weighted by Crippen LogP contribution is 2.70. The standard InChI is InChI=1S/C34H49N3O2/c1-22-15-17-33(3)25(19-22)20-30(37-21-29(35-36-37)24-9-7-6-8-10-24)32-27-13-12-26(23(2)11-14-31(38)39-5)34(27,4)18-16-28(32)33/h6-10,21-23,25-28,30,32H,11-20H2,1-5H3/t22-,23-,25?,26-,27?,28?,30?,32?,33+,34-/m1/s1. The first-order valence-electron chi connectivity index (χ1n) is 15.8. The predicted octanol–water partition coefficient (Wildman–Crippen LogP) is 7.98. The summed E-state index contributed by atoms with van der Waals surface area (Å²) in [7, 11) is 1.51. The smallest absolute Gasteiger partial charge is 0.305 e. The van der Waals surface area contributed by atoms with Gasteiger partial charge in [0.05, 0.1) is 19.3 Å². The number of benzene rings is 1. The lowest BCUT2D eigenvalue weighted by Gasteiger charge is -2.63. The molecule has 4 saturated carbocycles. The number of fused-ring (bicyclic) bond motifs is 5. The summed E-state index contributed by atoms with van der Waals surface area (Å²) in [6.07, 6.45) is 14.4. The molecule has 0 radical (unpaired) electrons. The maximum Gasteiger partial charge on any atom is 0.305 e. The largest absolute Gasteiger partial charge is 0.469 e. The fraction of sp³-hybridized carbons (Fsp3) is 0.735. The summed E-state index contributed by atoms with van der Waals surface area (Å²) < 4.78 is 7.28. The van der Waals surface area contributed by atoms with Gasteiger partial charge in [-0.2, -0.15) is 0 Å². The molecule has 0 spiro atoms. The molecule has 0 N–H and O–H groups in total. The zero-order valence-electron chi connectivity index (χ0n) is 24.8. The topological polar surface area (TPSA) is 57.0 Å². The van der Waals surface area contributed by atoms with E-state index in [1.54, 1.807) is 0 Å². The van der Waals surface area contributed by atoms with Gasteiger partial charge in [-0.25, -0.2) is 4.68 Å². The fourth-order valence-corrected chi connectivity index (χ4v) is 10.5. The summed E-state index contributed by atoms with van der Waals surface area (Å²) in [5, 5.41) is 9.55. The molecular weight excluding hydrogens is 482 g/mol. The van der Waals surface area contributed by atoms with Crippen molar-refractivity contribution in [2.75, 3.05) is 7.11 Å². The van der Waals surface area contributed by atoms with Crippen LogP contribution in [0.4, 0.5) is 0 Å². The van der Waals surface area contributed by atoms with Crippen LogP contribution in [-0.2, 0) is 9.53 Å². The van der Waals surface area contributed by atoms with E-state index in [0.29, 0.717) is 47.0 Å². The van der Waals surface area contributed by atoms with E-state index in [-0.39, 0.29) is 5.97 Å². The summed E-state index contributed by atoms with van der Waals surface area (Å²) in [5.41, 5.74) is 2.94. The minimum atomic E-state index is -0.0662. The van der Waals surface area contributed by atoms with Crippen LogP contribution in [0, 0.1) is 52.3 Å². The van der Waals surface area contributed by atoms with Crippen molar-refractivity contribution in [2.45, 2.75) is 97.9 Å². The van der Waals surface area contributed by atoms with Gasteiger partial charge in [-0.1, -0.05) is 69.7 Å². The monoisotopic (exact) mass is 531 g/mol. The van der Waals surface area contributed by atoms with Gasteiger partial charge in [-0.15, -0.1) is 5.10 Å². The van der Waals surface area contributed by atoms with Crippen molar-refractivity contribution >= 4 is 5.97 Å². The van der Waals surface area contributed by atoms with Crippen molar-refractivity contribution in [1.29, 1.82) is 0 Å². The summed E-state index contributed by atoms with van der Waals surface area (Å²) in [6, 6.07) is 11.0. The second-order valence-electron chi connectivity index (χ2n) is 14.4. The van der Waals surface area contributed by atoms with Crippen molar-refractivity contribution in [1.82, 2.24) is 15.0 Å². The van der Waals surface area contributed by atoms with Crippen LogP contribution in [0.3, 0.4) is 0 Å². The van der Waals surface area contributed by atoms with Crippen LogP contribution in [0.1, 0.15) is 97.9 Å². The Morgan fingerprint density at radius 3 is 2.56 bits per heavy atom. The summed E-state index contributed by atoms with van der Waals surface area (Å²) >= 11 is 0. The molecule has 2 aromatic rings. The van der Waals surface area contributed by atoms with E-state index < -0.39 is 0 Å². The molecule has 1 aromatic heterocycles. The fourth-order valence-electron chi connectivity index (χ4n) is 10.5. The molecule has 0 aliphatic heterocycles. The SMILES string of the molecule is COC(=O)CC[C@@H](C)[C@H]1CCC2C3C(n4cc(-c5ccccc5)nn4)CC4C[C@H](C)CC[C@]4(C)C3CC[C@@]21C. The normalized spacial score (nSPS) is 40.3. The Balaban J connectivity index is 1.34. The number of methoxy groups -OCH3 is 1. The average Bonchev–Trinajstić information content (AvgIpc) is 3.57. The zero-order valence-corrected chi connectivity index (χ0v) is 24.8. The van der Waals surface area contributed by atoms with Gasteiger partial charge in [0.25, 0.3) is 0 Å². The molecule has 212 valence electrons. The quantitative estimate of drug-likeness (QED) is 0.355. The Morgan fingerprint density at radius 2 is 1.79 bits per heavy atom. The third kappa shape index (κ3) is 4.56. The van der Waals surface area contributed by atoms with Crippen LogP contribution in [0.2, 0.25) is 0 Å². The molecule has 4 aliphatic carbocycles. The van der Waals surface area contributed by atoms with Gasteiger partial charge in [0.1, 0.15) is 5.69 Å². The highest BCUT2D eigenvalue weighted by molar-refractivity contribution is 5.69. The van der Waals surface area contributed by atoms with E-state index in [9.17, 15) is 4.79 Å². The van der Waals surface area contributed by atoms with Gasteiger partial charge < -0.3 is 4.74 Å². The lowest BCUT2D eigenvalue weighted by Crippen LogP contribution is -2.57. The van der Waals surface area contributed by atoms with Crippen molar-refractivity contribution in [3.05, 3.63) is 36.5 Å². The molecule has 4 fully saturated rings. The minimum absolute atomic E-state index is 0.0662. The van der Waals surface area contributed by atoms with Gasteiger partial charge in [-0.3, -0.25) is 4.79 Å². The molecular formula is C34H49N3O2. The Morgan fingerprint density at radius 1 is 1.05 bits per heavy atom. The summed E-state index contributed by atoms with van der Waals surface area (Å²) in [4.78, 5) is 11.9. The number of hydrogen-bond donors (Lipinski definition) is 0. The van der Waals surface area contributed by atoms with Crippen LogP contribution in [0.15, 0.2) is 36.5 Å². The zero-order chi connectivity index (χ0) is 27.4. The maximum absolute atomic E-state index is 11.9. The Labute approximate surface area is 235 Å². The average molecular weight is 532 g/mol. The van der Waals surface area contributed by atoms with Crippen molar-refractivity contribution in [2.24, 2.45) is 52.3 Å². The Bertz CT molecular complexity index is 1160. The van der Waals surface area contributed by atoms with Crippen LogP contribution >= 0.6 is 0 Å². The number of hydrogen-bond acceptors (Lipinski definition) is 4. The number of carbonyl (C=O) groups is 1. The molecule has 5 nitrogen and oxygen atoms in total. The maximum atomic E-state index is 11.9. The van der Waals surface area contributed by atoms with Crippen molar-refractivity contribution in [3.8, 4) is 11.3 Å². The number of esters is 1. The highest BCUT2D eigenvalue weighted by Gasteiger charge is 2.63. The molecule has 6 rings (SSSR count). The molecule has 0 amide bonds. The molecule has 5 unspecified atom stereocenters. The first kappa shape index (κ1) is 27.0. The van der Waals surface area contributed by atoms with Gasteiger partial charge in [0.15, 0.2) is 0 Å². The molecule has 0 saturated heterocycles. The first-order chi connectivity index (χ1) is 18.7. The molecule has 39 heavy (non-hydrogen) atoms. The van der Waals surface area contributed by atoms with E-state index in [1.807, 2.05) is 0 Å². The van der Waals surface area contributed by atoms with Crippen LogP contribution in [-0.4, -0.2) is 28.1 Å². The number of rotatable bonds is 6. The molecule has 1 heterocycles. The molecule has 1 aromatic carbocycles. The Kier molecular flexibility index (Phi) is 7.17. The van der Waals surface area contributed by atoms with Gasteiger partial charge >= 0.3 is 5.97 Å². The van der Waals surface area contributed by atoms with E-state index in [4.69, 9.17) is 15.0 Å². The van der Waals surface area contributed by atoms with Gasteiger partial charge in [0, 0.05) is 12.0 Å². The van der Waals surface area contributed by atoms with Crippen LogP contribution in [0.25, 0.3) is 11.3 Å². The molecule has 4 aliphatic rings. The van der Waals surface area contributed by atoms with E-state index in [1.165, 1.54) is 58.5 Å². The van der Waals surface area contributed by atoms with E-state index >= 15 is 0 Å². The van der Waals surface area contributed by atoms with Crippen LogP contribution < -0.4 is 0 Å². The van der Waals surface area contributed by atoms with E-state index in [0.717, 1.165) is 35.4 Å². The minimum Gasteiger partial charge on any atom is -0.469 e. The number of nitrogens with zero attached hydrogens (tertiary/aromatic N) is 3. The molecule has 0 bridgehead atoms. The molecule has 10 atom stereocenters. The lowest BCUT2D eigenvalue weighted by atomic mass is 9.43. The summed E-state index contributed by atoms with van der Waals surface area (Å²) in [6.45, 7) is 10.2. The Hall–Kier alpha value is -2.17. The second kappa shape index (κ2) is 10.3. The van der Waals surface area contributed by atoms with Crippen molar-refractivity contribution in [3.63, 3.8) is 0 Å².